The summed E-state index contributed by atoms with van der Waals surface area (Å²) in [5.41, 5.74) is 5.33. The van der Waals surface area contributed by atoms with Crippen LogP contribution in [0.5, 0.6) is 0 Å². The largest absolute Gasteiger partial charge is 0.478 e. The predicted molar refractivity (Wildman–Crippen MR) is 135 cm³/mol. The van der Waals surface area contributed by atoms with Gasteiger partial charge in [-0.05, 0) is 72.3 Å². The third-order valence-electron chi connectivity index (χ3n) is 5.14. The normalized spacial score (nSPS) is 11.6. The summed E-state index contributed by atoms with van der Waals surface area (Å²) in [5, 5.41) is 9.78. The highest BCUT2D eigenvalue weighted by atomic mass is 16.4. The summed E-state index contributed by atoms with van der Waals surface area (Å²) in [7, 11) is 0. The molecule has 3 aromatic carbocycles. The van der Waals surface area contributed by atoms with Crippen LogP contribution in [0, 0.1) is 0 Å². The van der Waals surface area contributed by atoms with Gasteiger partial charge in [0.2, 0.25) is 0 Å². The maximum absolute atomic E-state index is 10.8. The molecule has 0 radical (unpaired) electrons. The number of hydrogen-bond acceptors (Lipinski definition) is 3. The molecule has 0 fully saturated rings. The van der Waals surface area contributed by atoms with E-state index < -0.39 is 5.97 Å². The first-order valence-electron chi connectivity index (χ1n) is 10.4. The molecule has 0 saturated heterocycles. The first-order valence-corrected chi connectivity index (χ1v) is 10.4. The maximum Gasteiger partial charge on any atom is 0.328 e. The first-order chi connectivity index (χ1) is 16.1. The topological polar surface area (TPSA) is 53.7 Å². The van der Waals surface area contributed by atoms with Gasteiger partial charge in [0.25, 0.3) is 0 Å². The van der Waals surface area contributed by atoms with Crippen molar-refractivity contribution in [2.24, 2.45) is 0 Å². The first kappa shape index (κ1) is 21.7. The fourth-order valence-electron chi connectivity index (χ4n) is 3.61. The summed E-state index contributed by atoms with van der Waals surface area (Å²) in [6.07, 6.45) is 8.13. The van der Waals surface area contributed by atoms with Crippen LogP contribution in [0.2, 0.25) is 0 Å². The van der Waals surface area contributed by atoms with Crippen molar-refractivity contribution in [1.29, 1.82) is 0 Å². The molecular weight excluding hydrogens is 410 g/mol. The van der Waals surface area contributed by atoms with Crippen molar-refractivity contribution >= 4 is 34.4 Å². The van der Waals surface area contributed by atoms with Gasteiger partial charge in [-0.2, -0.15) is 0 Å². The van der Waals surface area contributed by atoms with Crippen molar-refractivity contribution in [2.75, 3.05) is 4.90 Å². The number of nitrogens with zero attached hydrogens (tertiary/aromatic N) is 1. The summed E-state index contributed by atoms with van der Waals surface area (Å²) in [5.74, 6) is -0.241. The monoisotopic (exact) mass is 433 g/mol. The van der Waals surface area contributed by atoms with Gasteiger partial charge in [0, 0.05) is 34.1 Å². The number of rotatable bonds is 8. The van der Waals surface area contributed by atoms with Gasteiger partial charge in [-0.1, -0.05) is 49.6 Å². The number of carboxylic acids is 1. The van der Waals surface area contributed by atoms with Crippen LogP contribution in [0.1, 0.15) is 5.56 Å². The van der Waals surface area contributed by atoms with E-state index in [2.05, 4.69) is 18.1 Å². The molecule has 162 valence electrons. The fourth-order valence-corrected chi connectivity index (χ4v) is 3.61. The second kappa shape index (κ2) is 9.71. The van der Waals surface area contributed by atoms with Crippen LogP contribution in [0.4, 0.5) is 11.4 Å². The van der Waals surface area contributed by atoms with Gasteiger partial charge < -0.3 is 14.4 Å². The minimum Gasteiger partial charge on any atom is -0.478 e. The highest BCUT2D eigenvalue weighted by Crippen LogP contribution is 2.34. The summed E-state index contributed by atoms with van der Waals surface area (Å²) in [6.45, 7) is 7.78. The molecular formula is C29H23NO3. The van der Waals surface area contributed by atoms with E-state index in [1.54, 1.807) is 18.2 Å². The average molecular weight is 434 g/mol. The Morgan fingerprint density at radius 2 is 1.64 bits per heavy atom. The molecule has 1 heterocycles. The molecule has 0 aliphatic carbocycles. The predicted octanol–water partition coefficient (Wildman–Crippen LogP) is 7.59. The summed E-state index contributed by atoms with van der Waals surface area (Å²) in [6, 6.07) is 25.8. The maximum atomic E-state index is 10.8. The molecule has 1 N–H and O–H groups in total. The standard InChI is InChI=1S/C29H23NO3/c1-3-8-24(4-2)30(25-9-6-5-7-10-25)26-16-14-22(15-17-26)28-20-23-13-11-21(12-18-29(31)32)19-27(23)33-28/h3-20H,1-2H2,(H,31,32)/b18-12+,24-8+. The Balaban J connectivity index is 1.68. The zero-order valence-electron chi connectivity index (χ0n) is 18.0. The lowest BCUT2D eigenvalue weighted by Gasteiger charge is -2.26. The van der Waals surface area contributed by atoms with Crippen molar-refractivity contribution in [1.82, 2.24) is 0 Å². The van der Waals surface area contributed by atoms with E-state index in [-0.39, 0.29) is 0 Å². The minimum atomic E-state index is -0.984. The Kier molecular flexibility index (Phi) is 6.37. The van der Waals surface area contributed by atoms with Crippen LogP contribution in [0.25, 0.3) is 28.4 Å². The molecule has 4 nitrogen and oxygen atoms in total. The Bertz CT molecular complexity index is 1360. The molecule has 0 aliphatic heterocycles. The number of allylic oxidation sites excluding steroid dienone is 3. The van der Waals surface area contributed by atoms with Gasteiger partial charge in [-0.3, -0.25) is 0 Å². The van der Waals surface area contributed by atoms with E-state index >= 15 is 0 Å². The quantitative estimate of drug-likeness (QED) is 0.230. The molecule has 0 aliphatic rings. The fraction of sp³-hybridized carbons (Fsp3) is 0. The van der Waals surface area contributed by atoms with Crippen LogP contribution >= 0.6 is 0 Å². The third-order valence-corrected chi connectivity index (χ3v) is 5.14. The Hall–Kier alpha value is -4.57. The number of carbonyl (C=O) groups is 1. The van der Waals surface area contributed by atoms with Crippen molar-refractivity contribution in [3.05, 3.63) is 128 Å². The zero-order chi connectivity index (χ0) is 23.2. The highest BCUT2D eigenvalue weighted by Gasteiger charge is 2.13. The molecule has 4 aromatic rings. The highest BCUT2D eigenvalue weighted by molar-refractivity contribution is 5.88. The molecule has 0 amide bonds. The summed E-state index contributed by atoms with van der Waals surface area (Å²) >= 11 is 0. The van der Waals surface area contributed by atoms with Gasteiger partial charge >= 0.3 is 5.97 Å². The van der Waals surface area contributed by atoms with Crippen molar-refractivity contribution in [3.8, 4) is 11.3 Å². The Morgan fingerprint density at radius 1 is 0.909 bits per heavy atom. The second-order valence-corrected chi connectivity index (χ2v) is 7.33. The van der Waals surface area contributed by atoms with Crippen molar-refractivity contribution in [3.63, 3.8) is 0 Å². The summed E-state index contributed by atoms with van der Waals surface area (Å²) in [4.78, 5) is 12.9. The van der Waals surface area contributed by atoms with Gasteiger partial charge in [0.15, 0.2) is 0 Å². The molecule has 0 spiro atoms. The van der Waals surface area contributed by atoms with E-state index in [1.807, 2.05) is 84.9 Å². The van der Waals surface area contributed by atoms with Crippen molar-refractivity contribution in [2.45, 2.75) is 0 Å². The van der Waals surface area contributed by atoms with Crippen LogP contribution in [-0.4, -0.2) is 11.1 Å². The van der Waals surface area contributed by atoms with Gasteiger partial charge in [-0.15, -0.1) is 0 Å². The van der Waals surface area contributed by atoms with E-state index in [0.717, 1.165) is 45.4 Å². The number of hydrogen-bond donors (Lipinski definition) is 1. The minimum absolute atomic E-state index is 0.704. The molecule has 0 unspecified atom stereocenters. The van der Waals surface area contributed by atoms with E-state index in [9.17, 15) is 4.79 Å². The van der Waals surface area contributed by atoms with Crippen molar-refractivity contribution < 1.29 is 14.3 Å². The molecule has 0 saturated carbocycles. The SMILES string of the molecule is C=C/C=C(\C=C)N(c1ccccc1)c1ccc(-c2cc3ccc(/C=C/C(=O)O)cc3o2)cc1. The average Bonchev–Trinajstić information content (AvgIpc) is 3.27. The molecule has 1 aromatic heterocycles. The zero-order valence-corrected chi connectivity index (χ0v) is 18.0. The molecule has 4 heteroatoms. The van der Waals surface area contributed by atoms with Crippen LogP contribution in [0.3, 0.4) is 0 Å². The molecule has 4 rings (SSSR count). The lowest BCUT2D eigenvalue weighted by Crippen LogP contribution is -2.14. The molecule has 33 heavy (non-hydrogen) atoms. The van der Waals surface area contributed by atoms with Crippen LogP contribution in [0.15, 0.2) is 126 Å². The second-order valence-electron chi connectivity index (χ2n) is 7.33. The van der Waals surface area contributed by atoms with Gasteiger partial charge in [0.1, 0.15) is 11.3 Å². The van der Waals surface area contributed by atoms with Crippen LogP contribution in [-0.2, 0) is 4.79 Å². The van der Waals surface area contributed by atoms with E-state index in [0.29, 0.717) is 5.58 Å². The molecule has 0 atom stereocenters. The van der Waals surface area contributed by atoms with Gasteiger partial charge in [-0.25, -0.2) is 4.79 Å². The number of benzene rings is 3. The number of fused-ring (bicyclic) bond motifs is 1. The number of carboxylic acid groups (broad SMARTS) is 1. The van der Waals surface area contributed by atoms with E-state index in [4.69, 9.17) is 9.52 Å². The third kappa shape index (κ3) is 4.86. The number of para-hydroxylation sites is 1. The number of aliphatic carboxylic acids is 1. The lowest BCUT2D eigenvalue weighted by molar-refractivity contribution is -0.131. The number of furan rings is 1. The Labute approximate surface area is 192 Å². The van der Waals surface area contributed by atoms with Crippen LogP contribution < -0.4 is 4.90 Å². The Morgan fingerprint density at radius 3 is 2.30 bits per heavy atom. The summed E-state index contributed by atoms with van der Waals surface area (Å²) < 4.78 is 6.06. The van der Waals surface area contributed by atoms with E-state index in [1.165, 1.54) is 0 Å². The van der Waals surface area contributed by atoms with Gasteiger partial charge in [0.05, 0.1) is 0 Å². The lowest BCUT2D eigenvalue weighted by atomic mass is 10.1. The smallest absolute Gasteiger partial charge is 0.328 e. The number of anilines is 2. The molecule has 0 bridgehead atoms.